The van der Waals surface area contributed by atoms with Gasteiger partial charge in [0.25, 0.3) is 0 Å². The van der Waals surface area contributed by atoms with Gasteiger partial charge in [0, 0.05) is 12.0 Å². The summed E-state index contributed by atoms with van der Waals surface area (Å²) in [5.74, 6) is -0.384. The van der Waals surface area contributed by atoms with Crippen LogP contribution in [0.4, 0.5) is 0 Å². The number of hydrogen-bond donors (Lipinski definition) is 0. The molecule has 1 aromatic rings. The maximum absolute atomic E-state index is 11.4. The van der Waals surface area contributed by atoms with Gasteiger partial charge >= 0.3 is 5.97 Å². The highest BCUT2D eigenvalue weighted by Gasteiger charge is 2.36. The molecule has 2 rings (SSSR count). The van der Waals surface area contributed by atoms with Crippen LogP contribution in [0.1, 0.15) is 25.0 Å². The van der Waals surface area contributed by atoms with Gasteiger partial charge < -0.3 is 9.47 Å². The van der Waals surface area contributed by atoms with Gasteiger partial charge in [-0.05, 0) is 13.0 Å². The second-order valence-electron chi connectivity index (χ2n) is 3.81. The minimum atomic E-state index is -0.658. The second kappa shape index (κ2) is 4.88. The molecule has 1 aliphatic rings. The Kier molecular flexibility index (Phi) is 3.29. The van der Waals surface area contributed by atoms with E-state index in [4.69, 9.17) is 14.7 Å². The number of para-hydroxylation sites is 1. The lowest BCUT2D eigenvalue weighted by Gasteiger charge is -2.14. The molecule has 17 heavy (non-hydrogen) atoms. The van der Waals surface area contributed by atoms with E-state index in [9.17, 15) is 4.79 Å². The first-order valence-corrected chi connectivity index (χ1v) is 5.58. The van der Waals surface area contributed by atoms with Crippen molar-refractivity contribution >= 4 is 5.97 Å². The smallest absolute Gasteiger partial charge is 0.324 e. The van der Waals surface area contributed by atoms with E-state index >= 15 is 0 Å². The summed E-state index contributed by atoms with van der Waals surface area (Å²) in [5.41, 5.74) is 0.834. The molecule has 2 unspecified atom stereocenters. The summed E-state index contributed by atoms with van der Waals surface area (Å²) in [5, 5.41) is 8.79. The van der Waals surface area contributed by atoms with Gasteiger partial charge in [-0.1, -0.05) is 18.2 Å². The van der Waals surface area contributed by atoms with Crippen molar-refractivity contribution in [3.63, 3.8) is 0 Å². The van der Waals surface area contributed by atoms with Crippen LogP contribution in [-0.4, -0.2) is 12.6 Å². The quantitative estimate of drug-likeness (QED) is 0.748. The maximum atomic E-state index is 11.4. The lowest BCUT2D eigenvalue weighted by Crippen LogP contribution is -2.04. The van der Waals surface area contributed by atoms with Gasteiger partial charge in [0.05, 0.1) is 12.7 Å². The molecule has 2 atom stereocenters. The fourth-order valence-electron chi connectivity index (χ4n) is 1.91. The van der Waals surface area contributed by atoms with E-state index in [-0.39, 0.29) is 6.10 Å². The molecule has 1 heterocycles. The number of carbonyl (C=O) groups excluding carboxylic acids is 1. The Labute approximate surface area is 99.8 Å². The molecule has 0 saturated carbocycles. The molecule has 0 bridgehead atoms. The van der Waals surface area contributed by atoms with Crippen molar-refractivity contribution in [3.8, 4) is 11.8 Å². The number of hydrogen-bond acceptors (Lipinski definition) is 4. The van der Waals surface area contributed by atoms with Gasteiger partial charge in [-0.2, -0.15) is 5.26 Å². The number of esters is 1. The zero-order valence-corrected chi connectivity index (χ0v) is 9.55. The Balaban J connectivity index is 2.24. The molecule has 1 aliphatic heterocycles. The molecule has 0 radical (unpaired) electrons. The molecule has 1 aromatic carbocycles. The van der Waals surface area contributed by atoms with E-state index in [1.165, 1.54) is 0 Å². The van der Waals surface area contributed by atoms with Crippen molar-refractivity contribution in [1.82, 2.24) is 0 Å². The first kappa shape index (κ1) is 11.5. The molecule has 4 heteroatoms. The average molecular weight is 231 g/mol. The monoisotopic (exact) mass is 231 g/mol. The van der Waals surface area contributed by atoms with E-state index in [2.05, 4.69) is 0 Å². The first-order chi connectivity index (χ1) is 8.26. The SMILES string of the molecule is CCOc1ccccc1C1CC(C#N)C(=O)O1. The second-order valence-corrected chi connectivity index (χ2v) is 3.81. The van der Waals surface area contributed by atoms with Gasteiger partial charge in [-0.15, -0.1) is 0 Å². The molecule has 4 nitrogen and oxygen atoms in total. The molecule has 0 aromatic heterocycles. The topological polar surface area (TPSA) is 59.3 Å². The number of carbonyl (C=O) groups is 1. The molecular formula is C13H13NO3. The van der Waals surface area contributed by atoms with Gasteiger partial charge in [0.15, 0.2) is 0 Å². The third-order valence-electron chi connectivity index (χ3n) is 2.71. The molecule has 1 fully saturated rings. The van der Waals surface area contributed by atoms with Crippen LogP contribution in [0.25, 0.3) is 0 Å². The Morgan fingerprint density at radius 1 is 1.53 bits per heavy atom. The van der Waals surface area contributed by atoms with Gasteiger partial charge in [0.2, 0.25) is 0 Å². The summed E-state index contributed by atoms with van der Waals surface area (Å²) in [6, 6.07) is 9.39. The maximum Gasteiger partial charge on any atom is 0.324 e. The summed E-state index contributed by atoms with van der Waals surface area (Å²) in [6.45, 7) is 2.45. The summed E-state index contributed by atoms with van der Waals surface area (Å²) in [4.78, 5) is 11.4. The summed E-state index contributed by atoms with van der Waals surface area (Å²) in [7, 11) is 0. The third-order valence-corrected chi connectivity index (χ3v) is 2.71. The highest BCUT2D eigenvalue weighted by Crippen LogP contribution is 2.37. The lowest BCUT2D eigenvalue weighted by molar-refractivity contribution is -0.143. The van der Waals surface area contributed by atoms with Crippen molar-refractivity contribution in [2.24, 2.45) is 5.92 Å². The Morgan fingerprint density at radius 3 is 2.94 bits per heavy atom. The minimum absolute atomic E-state index is 0.366. The Hall–Kier alpha value is -2.02. The number of nitriles is 1. The third kappa shape index (κ3) is 2.23. The fourth-order valence-corrected chi connectivity index (χ4v) is 1.91. The van der Waals surface area contributed by atoms with Crippen LogP contribution >= 0.6 is 0 Å². The van der Waals surface area contributed by atoms with Crippen LogP contribution in [-0.2, 0) is 9.53 Å². The molecule has 0 amide bonds. The number of ether oxygens (including phenoxy) is 2. The van der Waals surface area contributed by atoms with Gasteiger partial charge in [0.1, 0.15) is 17.8 Å². The van der Waals surface area contributed by atoms with E-state index in [0.717, 1.165) is 5.56 Å². The van der Waals surface area contributed by atoms with Crippen LogP contribution in [0.5, 0.6) is 5.75 Å². The van der Waals surface area contributed by atoms with Crippen LogP contribution in [0, 0.1) is 17.2 Å². The largest absolute Gasteiger partial charge is 0.493 e. The average Bonchev–Trinajstić information content (AvgIpc) is 2.71. The van der Waals surface area contributed by atoms with Crippen molar-refractivity contribution in [2.75, 3.05) is 6.61 Å². The van der Waals surface area contributed by atoms with Crippen LogP contribution < -0.4 is 4.74 Å². The number of benzene rings is 1. The predicted octanol–water partition coefficient (Wildman–Crippen LogP) is 2.21. The number of nitrogens with zero attached hydrogens (tertiary/aromatic N) is 1. The summed E-state index contributed by atoms with van der Waals surface area (Å²) >= 11 is 0. The van der Waals surface area contributed by atoms with Crippen molar-refractivity contribution < 1.29 is 14.3 Å². The highest BCUT2D eigenvalue weighted by atomic mass is 16.6. The molecule has 1 saturated heterocycles. The number of rotatable bonds is 3. The zero-order valence-electron chi connectivity index (χ0n) is 9.55. The number of cyclic esters (lactones) is 1. The minimum Gasteiger partial charge on any atom is -0.493 e. The van der Waals surface area contributed by atoms with Gasteiger partial charge in [-0.25, -0.2) is 0 Å². The van der Waals surface area contributed by atoms with Gasteiger partial charge in [-0.3, -0.25) is 4.79 Å². The predicted molar refractivity (Wildman–Crippen MR) is 60.2 cm³/mol. The molecule has 88 valence electrons. The van der Waals surface area contributed by atoms with Crippen molar-refractivity contribution in [1.29, 1.82) is 5.26 Å². The standard InChI is InChI=1S/C13H13NO3/c1-2-16-11-6-4-3-5-10(11)12-7-9(8-14)13(15)17-12/h3-6,9,12H,2,7H2,1H3. The first-order valence-electron chi connectivity index (χ1n) is 5.58. The van der Waals surface area contributed by atoms with Crippen LogP contribution in [0.2, 0.25) is 0 Å². The Bertz CT molecular complexity index is 464. The fraction of sp³-hybridized carbons (Fsp3) is 0.385. The normalized spacial score (nSPS) is 22.9. The van der Waals surface area contributed by atoms with Crippen molar-refractivity contribution in [3.05, 3.63) is 29.8 Å². The summed E-state index contributed by atoms with van der Waals surface area (Å²) in [6.07, 6.45) is 0.0364. The molecule has 0 N–H and O–H groups in total. The lowest BCUT2D eigenvalue weighted by atomic mass is 10.0. The highest BCUT2D eigenvalue weighted by molar-refractivity contribution is 5.77. The van der Waals surface area contributed by atoms with Crippen LogP contribution in [0.15, 0.2) is 24.3 Å². The van der Waals surface area contributed by atoms with E-state index < -0.39 is 11.9 Å². The summed E-state index contributed by atoms with van der Waals surface area (Å²) < 4.78 is 10.7. The van der Waals surface area contributed by atoms with E-state index in [1.807, 2.05) is 37.3 Å². The van der Waals surface area contributed by atoms with E-state index in [0.29, 0.717) is 18.8 Å². The van der Waals surface area contributed by atoms with Crippen molar-refractivity contribution in [2.45, 2.75) is 19.4 Å². The zero-order chi connectivity index (χ0) is 12.3. The molecule has 0 aliphatic carbocycles. The molecule has 0 spiro atoms. The van der Waals surface area contributed by atoms with Crippen LogP contribution in [0.3, 0.4) is 0 Å². The molecular weight excluding hydrogens is 218 g/mol. The Morgan fingerprint density at radius 2 is 2.29 bits per heavy atom. The van der Waals surface area contributed by atoms with E-state index in [1.54, 1.807) is 0 Å².